The lowest BCUT2D eigenvalue weighted by molar-refractivity contribution is -0.146. The van der Waals surface area contributed by atoms with Gasteiger partial charge in [-0.25, -0.2) is 8.42 Å². The average molecular weight is 479 g/mol. The average Bonchev–Trinajstić information content (AvgIpc) is 2.73. The summed E-state index contributed by atoms with van der Waals surface area (Å²) >= 11 is 5.91. The van der Waals surface area contributed by atoms with Crippen molar-refractivity contribution in [3.8, 4) is 5.75 Å². The van der Waals surface area contributed by atoms with Crippen LogP contribution < -0.4 is 4.74 Å². The molecule has 0 atom stereocenters. The standard InChI is InChI=1S/C24H31ClN2O4S/c1-16-15-17(2)19(4)22(18(16)3)32(29,30)27-13-11-26(12-14-27)23(28)24(5,6)31-21-9-7-20(25)8-10-21/h7-10,15H,11-14H2,1-6H3. The molecule has 0 radical (unpaired) electrons. The van der Waals surface area contributed by atoms with E-state index in [9.17, 15) is 13.2 Å². The first kappa shape index (κ1) is 24.6. The Kier molecular flexibility index (Phi) is 6.94. The number of sulfonamides is 1. The number of carbonyl (C=O) groups is 1. The van der Waals surface area contributed by atoms with Gasteiger partial charge in [-0.05, 0) is 88.1 Å². The van der Waals surface area contributed by atoms with Crippen LogP contribution in [0.25, 0.3) is 0 Å². The Hall–Kier alpha value is -2.09. The van der Waals surface area contributed by atoms with Crippen LogP contribution in [0.15, 0.2) is 35.2 Å². The fourth-order valence-electron chi connectivity index (χ4n) is 4.05. The molecule has 1 saturated heterocycles. The maximum Gasteiger partial charge on any atom is 0.266 e. The van der Waals surface area contributed by atoms with E-state index in [1.807, 2.05) is 33.8 Å². The molecule has 1 amide bonds. The topological polar surface area (TPSA) is 66.9 Å². The predicted molar refractivity (Wildman–Crippen MR) is 127 cm³/mol. The van der Waals surface area contributed by atoms with Crippen LogP contribution in [0.3, 0.4) is 0 Å². The Morgan fingerprint density at radius 1 is 0.938 bits per heavy atom. The van der Waals surface area contributed by atoms with Gasteiger partial charge in [-0.2, -0.15) is 4.31 Å². The molecule has 0 N–H and O–H groups in total. The van der Waals surface area contributed by atoms with Crippen LogP contribution >= 0.6 is 11.6 Å². The highest BCUT2D eigenvalue weighted by Gasteiger charge is 2.38. The molecule has 0 unspecified atom stereocenters. The summed E-state index contributed by atoms with van der Waals surface area (Å²) in [5.74, 6) is 0.373. The first-order chi connectivity index (χ1) is 14.8. The molecule has 1 aliphatic heterocycles. The quantitative estimate of drug-likeness (QED) is 0.643. The number of halogens is 1. The second kappa shape index (κ2) is 9.04. The number of aryl methyl sites for hydroxylation is 2. The summed E-state index contributed by atoms with van der Waals surface area (Å²) in [6, 6.07) is 8.87. The molecule has 0 spiro atoms. The van der Waals surface area contributed by atoms with Crippen molar-refractivity contribution in [3.63, 3.8) is 0 Å². The number of benzene rings is 2. The van der Waals surface area contributed by atoms with Gasteiger partial charge in [0.05, 0.1) is 4.90 Å². The highest BCUT2D eigenvalue weighted by molar-refractivity contribution is 7.89. The summed E-state index contributed by atoms with van der Waals surface area (Å²) in [5, 5.41) is 0.591. The predicted octanol–water partition coefficient (Wildman–Crippen LogP) is 4.26. The molecular formula is C24H31ClN2O4S. The fraction of sp³-hybridized carbons (Fsp3) is 0.458. The molecule has 32 heavy (non-hydrogen) atoms. The highest BCUT2D eigenvalue weighted by atomic mass is 35.5. The number of ether oxygens (including phenoxy) is 1. The van der Waals surface area contributed by atoms with E-state index in [4.69, 9.17) is 16.3 Å². The van der Waals surface area contributed by atoms with E-state index in [0.717, 1.165) is 22.3 Å². The zero-order valence-corrected chi connectivity index (χ0v) is 21.1. The van der Waals surface area contributed by atoms with E-state index in [2.05, 4.69) is 0 Å². The van der Waals surface area contributed by atoms with E-state index in [0.29, 0.717) is 28.8 Å². The lowest BCUT2D eigenvalue weighted by Crippen LogP contribution is -2.56. The minimum atomic E-state index is -3.65. The normalized spacial score (nSPS) is 15.7. The molecule has 1 fully saturated rings. The Morgan fingerprint density at radius 3 is 1.94 bits per heavy atom. The van der Waals surface area contributed by atoms with E-state index in [-0.39, 0.29) is 19.0 Å². The largest absolute Gasteiger partial charge is 0.478 e. The van der Waals surface area contributed by atoms with Crippen molar-refractivity contribution in [3.05, 3.63) is 57.6 Å². The van der Waals surface area contributed by atoms with Gasteiger partial charge in [0.1, 0.15) is 5.75 Å². The fourth-order valence-corrected chi connectivity index (χ4v) is 6.17. The number of nitrogens with zero attached hydrogens (tertiary/aromatic N) is 2. The number of amides is 1. The monoisotopic (exact) mass is 478 g/mol. The van der Waals surface area contributed by atoms with Crippen molar-refractivity contribution < 1.29 is 17.9 Å². The van der Waals surface area contributed by atoms with Gasteiger partial charge in [0.25, 0.3) is 5.91 Å². The van der Waals surface area contributed by atoms with E-state index < -0.39 is 15.6 Å². The van der Waals surface area contributed by atoms with Crippen molar-refractivity contribution in [1.82, 2.24) is 9.21 Å². The van der Waals surface area contributed by atoms with Gasteiger partial charge in [0, 0.05) is 31.2 Å². The summed E-state index contributed by atoms with van der Waals surface area (Å²) < 4.78 is 34.3. The van der Waals surface area contributed by atoms with Crippen molar-refractivity contribution in [1.29, 1.82) is 0 Å². The van der Waals surface area contributed by atoms with E-state index in [1.54, 1.807) is 43.0 Å². The molecule has 6 nitrogen and oxygen atoms in total. The van der Waals surface area contributed by atoms with Crippen LogP contribution in [-0.2, 0) is 14.8 Å². The zero-order valence-electron chi connectivity index (χ0n) is 19.5. The minimum absolute atomic E-state index is 0.178. The molecule has 0 aromatic heterocycles. The molecule has 1 heterocycles. The molecule has 2 aromatic carbocycles. The summed E-state index contributed by atoms with van der Waals surface area (Å²) in [4.78, 5) is 15.2. The molecule has 3 rings (SSSR count). The van der Waals surface area contributed by atoms with Crippen molar-refractivity contribution in [2.45, 2.75) is 52.0 Å². The van der Waals surface area contributed by atoms with Gasteiger partial charge < -0.3 is 9.64 Å². The van der Waals surface area contributed by atoms with E-state index >= 15 is 0 Å². The Labute approximate surface area is 196 Å². The van der Waals surface area contributed by atoms with Crippen LogP contribution in [0, 0.1) is 27.7 Å². The van der Waals surface area contributed by atoms with Gasteiger partial charge in [-0.3, -0.25) is 4.79 Å². The number of rotatable bonds is 5. The zero-order chi connectivity index (χ0) is 23.8. The summed E-state index contributed by atoms with van der Waals surface area (Å²) in [5.41, 5.74) is 2.40. The Bertz CT molecular complexity index is 1090. The van der Waals surface area contributed by atoms with Gasteiger partial charge in [-0.1, -0.05) is 17.7 Å². The second-order valence-corrected chi connectivity index (χ2v) is 11.2. The SMILES string of the molecule is Cc1cc(C)c(C)c(S(=O)(=O)N2CCN(C(=O)C(C)(C)Oc3ccc(Cl)cc3)CC2)c1C. The number of hydrogen-bond acceptors (Lipinski definition) is 4. The maximum absolute atomic E-state index is 13.5. The smallest absolute Gasteiger partial charge is 0.266 e. The molecule has 0 aliphatic carbocycles. The lowest BCUT2D eigenvalue weighted by atomic mass is 10.0. The van der Waals surface area contributed by atoms with Crippen LogP contribution in [-0.4, -0.2) is 55.3 Å². The minimum Gasteiger partial charge on any atom is -0.478 e. The summed E-state index contributed by atoms with van der Waals surface area (Å²) in [7, 11) is -3.65. The second-order valence-electron chi connectivity index (χ2n) is 8.85. The third-order valence-corrected chi connectivity index (χ3v) is 8.55. The molecule has 8 heteroatoms. The molecule has 1 aliphatic rings. The summed E-state index contributed by atoms with van der Waals surface area (Å²) in [6.07, 6.45) is 0. The van der Waals surface area contributed by atoms with Gasteiger partial charge >= 0.3 is 0 Å². The molecule has 174 valence electrons. The van der Waals surface area contributed by atoms with Crippen LogP contribution in [0.2, 0.25) is 5.02 Å². The van der Waals surface area contributed by atoms with Crippen molar-refractivity contribution in [2.24, 2.45) is 0 Å². The highest BCUT2D eigenvalue weighted by Crippen LogP contribution is 2.30. The van der Waals surface area contributed by atoms with Gasteiger partial charge in [0.15, 0.2) is 5.60 Å². The van der Waals surface area contributed by atoms with Crippen LogP contribution in [0.1, 0.15) is 36.1 Å². The third kappa shape index (κ3) is 4.80. The third-order valence-electron chi connectivity index (χ3n) is 6.12. The van der Waals surface area contributed by atoms with Crippen LogP contribution in [0.5, 0.6) is 5.75 Å². The number of piperazine rings is 1. The van der Waals surface area contributed by atoms with Gasteiger partial charge in [-0.15, -0.1) is 0 Å². The molecular weight excluding hydrogens is 448 g/mol. The molecule has 0 bridgehead atoms. The number of hydrogen-bond donors (Lipinski definition) is 0. The van der Waals surface area contributed by atoms with Gasteiger partial charge in [0.2, 0.25) is 10.0 Å². The molecule has 0 saturated carbocycles. The Balaban J connectivity index is 1.73. The Morgan fingerprint density at radius 2 is 1.44 bits per heavy atom. The number of carbonyl (C=O) groups excluding carboxylic acids is 1. The molecule has 2 aromatic rings. The summed E-state index contributed by atoms with van der Waals surface area (Å²) in [6.45, 7) is 12.1. The van der Waals surface area contributed by atoms with E-state index in [1.165, 1.54) is 4.31 Å². The van der Waals surface area contributed by atoms with Crippen LogP contribution in [0.4, 0.5) is 0 Å². The lowest BCUT2D eigenvalue weighted by Gasteiger charge is -2.38. The maximum atomic E-state index is 13.5. The van der Waals surface area contributed by atoms with Crippen molar-refractivity contribution in [2.75, 3.05) is 26.2 Å². The first-order valence-electron chi connectivity index (χ1n) is 10.7. The first-order valence-corrected chi connectivity index (χ1v) is 12.5. The van der Waals surface area contributed by atoms with Crippen molar-refractivity contribution >= 4 is 27.5 Å².